The first kappa shape index (κ1) is 18.0. The van der Waals surface area contributed by atoms with Crippen LogP contribution in [0.3, 0.4) is 0 Å². The summed E-state index contributed by atoms with van der Waals surface area (Å²) in [5.41, 5.74) is 0. The van der Waals surface area contributed by atoms with E-state index < -0.39 is 7.82 Å². The van der Waals surface area contributed by atoms with Crippen LogP contribution in [0.2, 0.25) is 0 Å². The van der Waals surface area contributed by atoms with E-state index in [1.807, 2.05) is 0 Å². The van der Waals surface area contributed by atoms with Crippen LogP contribution in [-0.4, -0.2) is 75.5 Å². The second-order valence-corrected chi connectivity index (χ2v) is 2.56. The van der Waals surface area contributed by atoms with Crippen molar-refractivity contribution in [3.05, 3.63) is 0 Å². The van der Waals surface area contributed by atoms with Crippen molar-refractivity contribution in [1.82, 2.24) is 0 Å². The Morgan fingerprint density at radius 3 is 1.90 bits per heavy atom. The molecule has 0 aromatic rings. The molecule has 0 unspecified atom stereocenters. The molecule has 0 spiro atoms. The Morgan fingerprint density at radius 1 is 1.40 bits per heavy atom. The topological polar surface area (TPSA) is 66.8 Å². The first-order chi connectivity index (χ1) is 3.56. The van der Waals surface area contributed by atoms with Crippen molar-refractivity contribution in [2.75, 3.05) is 6.61 Å². The maximum absolute atomic E-state index is 9.86. The van der Waals surface area contributed by atoms with E-state index in [0.717, 1.165) is 0 Å². The summed E-state index contributed by atoms with van der Waals surface area (Å²) >= 11 is 0. The monoisotopic (exact) mass is 188 g/mol. The molecule has 0 radical (unpaired) electrons. The van der Waals surface area contributed by atoms with Gasteiger partial charge in [-0.3, -0.25) is 4.52 Å². The molecule has 0 aromatic carbocycles. The fourth-order valence-corrected chi connectivity index (χ4v) is 0.631. The summed E-state index contributed by atoms with van der Waals surface area (Å²) in [6.45, 7) is 1.89. The van der Waals surface area contributed by atoms with Crippen molar-refractivity contribution < 1.29 is 18.9 Å². The van der Waals surface area contributed by atoms with Gasteiger partial charge in [-0.1, -0.05) is 6.92 Å². The second kappa shape index (κ2) is 9.20. The molecule has 0 aliphatic carbocycles. The predicted molar refractivity (Wildman–Crippen MR) is 42.6 cm³/mol. The van der Waals surface area contributed by atoms with Crippen LogP contribution in [0, 0.1) is 0 Å². The number of phosphoric acid groups is 1. The summed E-state index contributed by atoms with van der Waals surface area (Å²) in [5.74, 6) is 0. The van der Waals surface area contributed by atoms with Gasteiger partial charge in [-0.05, 0) is 6.42 Å². The molecule has 0 heterocycles. The van der Waals surface area contributed by atoms with Crippen molar-refractivity contribution in [2.24, 2.45) is 0 Å². The number of hydrogen-bond acceptors (Lipinski definition) is 2. The molecule has 0 aliphatic rings. The zero-order chi connectivity index (χ0) is 6.62. The molecular formula is C3H11Na2O4P. The third-order valence-corrected chi connectivity index (χ3v) is 0.983. The maximum atomic E-state index is 9.86. The van der Waals surface area contributed by atoms with E-state index in [4.69, 9.17) is 9.79 Å². The van der Waals surface area contributed by atoms with Crippen molar-refractivity contribution in [2.45, 2.75) is 13.3 Å². The predicted octanol–water partition coefficient (Wildman–Crippen LogP) is -0.791. The van der Waals surface area contributed by atoms with Crippen LogP contribution >= 0.6 is 7.82 Å². The van der Waals surface area contributed by atoms with Gasteiger partial charge in [0, 0.05) is 0 Å². The van der Waals surface area contributed by atoms with E-state index in [1.165, 1.54) is 0 Å². The van der Waals surface area contributed by atoms with E-state index in [-0.39, 0.29) is 65.7 Å². The average molecular weight is 188 g/mol. The Kier molecular flexibility index (Phi) is 16.6. The van der Waals surface area contributed by atoms with Crippen molar-refractivity contribution in [1.29, 1.82) is 0 Å². The minimum atomic E-state index is -4.18. The zero-order valence-corrected chi connectivity index (χ0v) is 5.47. The summed E-state index contributed by atoms with van der Waals surface area (Å²) in [6, 6.07) is 0. The van der Waals surface area contributed by atoms with Gasteiger partial charge in [0.25, 0.3) is 0 Å². The molecule has 0 fully saturated rings. The van der Waals surface area contributed by atoms with Crippen LogP contribution in [-0.2, 0) is 9.09 Å². The van der Waals surface area contributed by atoms with Crippen LogP contribution in [0.1, 0.15) is 13.3 Å². The normalized spacial score (nSPS) is 9.50. The van der Waals surface area contributed by atoms with Gasteiger partial charge in [0.1, 0.15) is 0 Å². The van der Waals surface area contributed by atoms with E-state index in [0.29, 0.717) is 6.42 Å². The molecule has 4 nitrogen and oxygen atoms in total. The molecular weight excluding hydrogens is 177 g/mol. The number of hydrogen-bond donors (Lipinski definition) is 2. The van der Waals surface area contributed by atoms with Gasteiger partial charge in [0.15, 0.2) is 0 Å². The van der Waals surface area contributed by atoms with E-state index in [9.17, 15) is 4.57 Å². The summed E-state index contributed by atoms with van der Waals surface area (Å²) < 4.78 is 13.9. The van der Waals surface area contributed by atoms with Crippen molar-refractivity contribution in [3.8, 4) is 0 Å². The Bertz CT molecular complexity index is 103. The molecule has 0 aliphatic heterocycles. The Hall–Kier alpha value is 2.11. The zero-order valence-electron chi connectivity index (χ0n) is 4.57. The first-order valence-corrected chi connectivity index (χ1v) is 3.79. The molecule has 7 heteroatoms. The Labute approximate surface area is 105 Å². The fraction of sp³-hybridized carbons (Fsp3) is 1.00. The molecule has 0 aromatic heterocycles. The summed E-state index contributed by atoms with van der Waals surface area (Å²) in [4.78, 5) is 16.1. The molecule has 0 saturated heterocycles. The van der Waals surface area contributed by atoms with Crippen LogP contribution in [0.25, 0.3) is 0 Å². The van der Waals surface area contributed by atoms with Gasteiger partial charge in [0.05, 0.1) is 6.61 Å². The Balaban J connectivity index is -0.000000245. The molecule has 0 rings (SSSR count). The van der Waals surface area contributed by atoms with Gasteiger partial charge in [-0.15, -0.1) is 0 Å². The van der Waals surface area contributed by atoms with Gasteiger partial charge < -0.3 is 9.79 Å². The van der Waals surface area contributed by atoms with Gasteiger partial charge in [0.2, 0.25) is 0 Å². The fourth-order valence-electron chi connectivity index (χ4n) is 0.210. The average Bonchev–Trinajstić information content (AvgIpc) is 1.59. The second-order valence-electron chi connectivity index (χ2n) is 1.32. The third-order valence-electron chi connectivity index (χ3n) is 0.464. The summed E-state index contributed by atoms with van der Waals surface area (Å²) in [6.07, 6.45) is 0.616. The Morgan fingerprint density at radius 2 is 1.80 bits per heavy atom. The van der Waals surface area contributed by atoms with E-state index >= 15 is 0 Å². The third kappa shape index (κ3) is 16.6. The quantitative estimate of drug-likeness (QED) is 0.450. The summed E-state index contributed by atoms with van der Waals surface area (Å²) in [5, 5.41) is 0. The molecule has 2 N–H and O–H groups in total. The number of rotatable bonds is 3. The number of phosphoric ester groups is 1. The van der Waals surface area contributed by atoms with Gasteiger partial charge in [-0.25, -0.2) is 4.57 Å². The molecule has 54 valence electrons. The first-order valence-electron chi connectivity index (χ1n) is 2.26. The van der Waals surface area contributed by atoms with E-state index in [1.54, 1.807) is 6.92 Å². The van der Waals surface area contributed by atoms with Gasteiger partial charge >= 0.3 is 66.9 Å². The van der Waals surface area contributed by atoms with Crippen LogP contribution in [0.15, 0.2) is 0 Å². The molecule has 10 heavy (non-hydrogen) atoms. The standard InChI is InChI=1S/C3H9O4P.2Na.2H/c1-2-3-7-8(4,5)6;;;;/h2-3H2,1H3,(H2,4,5,6);;;;. The van der Waals surface area contributed by atoms with E-state index in [2.05, 4.69) is 4.52 Å². The van der Waals surface area contributed by atoms with Crippen molar-refractivity contribution >= 4 is 66.9 Å². The molecule has 0 amide bonds. The van der Waals surface area contributed by atoms with Crippen molar-refractivity contribution in [3.63, 3.8) is 0 Å². The van der Waals surface area contributed by atoms with Gasteiger partial charge in [-0.2, -0.15) is 0 Å². The summed E-state index contributed by atoms with van der Waals surface area (Å²) in [7, 11) is -4.18. The van der Waals surface area contributed by atoms with Crippen LogP contribution < -0.4 is 0 Å². The molecule has 0 bridgehead atoms. The van der Waals surface area contributed by atoms with Crippen LogP contribution in [0.4, 0.5) is 0 Å². The molecule has 0 atom stereocenters. The minimum absolute atomic E-state index is 0. The van der Waals surface area contributed by atoms with Crippen LogP contribution in [0.5, 0.6) is 0 Å². The molecule has 0 saturated carbocycles. The SMILES string of the molecule is CCCOP(=O)(O)O.[NaH].[NaH].